The Morgan fingerprint density at radius 3 is 1.87 bits per heavy atom. The van der Waals surface area contributed by atoms with Crippen molar-refractivity contribution >= 4 is 0 Å². The summed E-state index contributed by atoms with van der Waals surface area (Å²) < 4.78 is 10.1. The molecule has 3 unspecified atom stereocenters. The van der Waals surface area contributed by atoms with Gasteiger partial charge in [0.25, 0.3) is 0 Å². The van der Waals surface area contributed by atoms with E-state index < -0.39 is 24.4 Å². The molecular formula is C16H38O7. The van der Waals surface area contributed by atoms with Crippen molar-refractivity contribution in [1.82, 2.24) is 0 Å². The van der Waals surface area contributed by atoms with E-state index in [0.717, 1.165) is 0 Å². The zero-order valence-electron chi connectivity index (χ0n) is 12.1. The van der Waals surface area contributed by atoms with Crippen LogP contribution in [0.5, 0.6) is 0 Å². The van der Waals surface area contributed by atoms with Crippen LogP contribution in [0.15, 0.2) is 11.8 Å². The Morgan fingerprint density at radius 1 is 0.957 bits per heavy atom. The van der Waals surface area contributed by atoms with Gasteiger partial charge in [-0.05, 0) is 19.9 Å². The number of hydrogen-bond donors (Lipinski definition) is 4. The number of aliphatic hydroxyl groups excluding tert-OH is 4. The van der Waals surface area contributed by atoms with Crippen LogP contribution in [-0.2, 0) is 9.47 Å². The highest BCUT2D eigenvalue weighted by molar-refractivity contribution is 5.00. The van der Waals surface area contributed by atoms with Crippen molar-refractivity contribution < 1.29 is 35.4 Å². The molecule has 0 spiro atoms. The summed E-state index contributed by atoms with van der Waals surface area (Å²) in [6, 6.07) is 0. The zero-order chi connectivity index (χ0) is 14.6. The zero-order valence-corrected chi connectivity index (χ0v) is 12.1. The average Bonchev–Trinajstić information content (AvgIpc) is 2.37. The van der Waals surface area contributed by atoms with Gasteiger partial charge in [0, 0.05) is 5.92 Å². The Bertz CT molecular complexity index is 295. The SMILES string of the molecule is C.C.C.CC1=C[C@@H](O)C(O)CO1.CC1OCC(C)[C@H](O)[C@@H]1O.O. The molecule has 2 aliphatic heterocycles. The fourth-order valence-corrected chi connectivity index (χ4v) is 1.83. The lowest BCUT2D eigenvalue weighted by Crippen LogP contribution is -2.47. The van der Waals surface area contributed by atoms with Crippen LogP contribution in [0.2, 0.25) is 0 Å². The first-order valence-electron chi connectivity index (χ1n) is 6.48. The number of aliphatic hydroxyl groups is 4. The lowest BCUT2D eigenvalue weighted by molar-refractivity contribution is -0.153. The molecule has 1 saturated heterocycles. The van der Waals surface area contributed by atoms with Gasteiger partial charge in [-0.1, -0.05) is 29.2 Å². The lowest BCUT2D eigenvalue weighted by atomic mass is 9.95. The molecular weight excluding hydrogens is 304 g/mol. The Hall–Kier alpha value is -0.700. The molecule has 2 aliphatic rings. The van der Waals surface area contributed by atoms with Gasteiger partial charge in [0.15, 0.2) is 0 Å². The fourth-order valence-electron chi connectivity index (χ4n) is 1.83. The maximum Gasteiger partial charge on any atom is 0.117 e. The van der Waals surface area contributed by atoms with Gasteiger partial charge in [-0.2, -0.15) is 0 Å². The molecule has 7 heteroatoms. The van der Waals surface area contributed by atoms with Crippen molar-refractivity contribution in [3.8, 4) is 0 Å². The highest BCUT2D eigenvalue weighted by Crippen LogP contribution is 2.19. The lowest BCUT2D eigenvalue weighted by Gasteiger charge is -2.34. The monoisotopic (exact) mass is 342 g/mol. The molecule has 6 N–H and O–H groups in total. The topological polar surface area (TPSA) is 131 Å². The molecule has 0 amide bonds. The maximum absolute atomic E-state index is 9.29. The van der Waals surface area contributed by atoms with Gasteiger partial charge in [0.2, 0.25) is 0 Å². The normalized spacial score (nSPS) is 35.2. The largest absolute Gasteiger partial charge is 0.496 e. The van der Waals surface area contributed by atoms with Gasteiger partial charge in [0.1, 0.15) is 24.9 Å². The molecule has 0 aromatic rings. The predicted molar refractivity (Wildman–Crippen MR) is 92.1 cm³/mol. The summed E-state index contributed by atoms with van der Waals surface area (Å²) in [4.78, 5) is 0. The smallest absolute Gasteiger partial charge is 0.117 e. The third-order valence-corrected chi connectivity index (χ3v) is 3.32. The second kappa shape index (κ2) is 13.7. The number of ether oxygens (including phenoxy) is 2. The Kier molecular flexibility index (Phi) is 18.0. The summed E-state index contributed by atoms with van der Waals surface area (Å²) in [5, 5.41) is 36.3. The minimum absolute atomic E-state index is 0. The van der Waals surface area contributed by atoms with Crippen LogP contribution in [0.4, 0.5) is 0 Å². The van der Waals surface area contributed by atoms with Gasteiger partial charge in [-0.3, -0.25) is 0 Å². The molecule has 0 aromatic heterocycles. The van der Waals surface area contributed by atoms with Gasteiger partial charge in [-0.25, -0.2) is 0 Å². The van der Waals surface area contributed by atoms with Crippen LogP contribution in [0.1, 0.15) is 43.1 Å². The molecule has 7 nitrogen and oxygen atoms in total. The second-order valence-corrected chi connectivity index (χ2v) is 5.14. The third kappa shape index (κ3) is 9.24. The quantitative estimate of drug-likeness (QED) is 0.507. The molecule has 2 rings (SSSR count). The van der Waals surface area contributed by atoms with E-state index in [1.54, 1.807) is 13.8 Å². The van der Waals surface area contributed by atoms with Crippen LogP contribution >= 0.6 is 0 Å². The van der Waals surface area contributed by atoms with Crippen molar-refractivity contribution in [2.24, 2.45) is 5.92 Å². The van der Waals surface area contributed by atoms with E-state index in [2.05, 4.69) is 0 Å². The van der Waals surface area contributed by atoms with Crippen LogP contribution in [0, 0.1) is 5.92 Å². The average molecular weight is 342 g/mol. The molecule has 2 heterocycles. The van der Waals surface area contributed by atoms with Crippen LogP contribution in [0.3, 0.4) is 0 Å². The molecule has 144 valence electrons. The molecule has 0 aromatic carbocycles. The summed E-state index contributed by atoms with van der Waals surface area (Å²) in [6.07, 6.45) is -1.58. The number of rotatable bonds is 0. The van der Waals surface area contributed by atoms with E-state index in [9.17, 15) is 10.2 Å². The first-order valence-corrected chi connectivity index (χ1v) is 6.48. The van der Waals surface area contributed by atoms with E-state index in [-0.39, 0.29) is 46.4 Å². The number of allylic oxidation sites excluding steroid dienone is 1. The first kappa shape index (κ1) is 30.2. The molecule has 23 heavy (non-hydrogen) atoms. The van der Waals surface area contributed by atoms with Crippen molar-refractivity contribution in [3.05, 3.63) is 11.8 Å². The van der Waals surface area contributed by atoms with E-state index >= 15 is 0 Å². The molecule has 0 saturated carbocycles. The van der Waals surface area contributed by atoms with Crippen LogP contribution in [0.25, 0.3) is 0 Å². The maximum atomic E-state index is 9.29. The summed E-state index contributed by atoms with van der Waals surface area (Å²) in [6.45, 7) is 6.11. The summed E-state index contributed by atoms with van der Waals surface area (Å²) in [5.41, 5.74) is 0. The molecule has 0 aliphatic carbocycles. The van der Waals surface area contributed by atoms with E-state index in [4.69, 9.17) is 19.7 Å². The van der Waals surface area contributed by atoms with Gasteiger partial charge >= 0.3 is 0 Å². The summed E-state index contributed by atoms with van der Waals surface area (Å²) >= 11 is 0. The second-order valence-electron chi connectivity index (χ2n) is 5.14. The van der Waals surface area contributed by atoms with Crippen LogP contribution < -0.4 is 0 Å². The van der Waals surface area contributed by atoms with Crippen molar-refractivity contribution in [2.45, 2.75) is 73.6 Å². The van der Waals surface area contributed by atoms with Crippen molar-refractivity contribution in [1.29, 1.82) is 0 Å². The Labute approximate surface area is 140 Å². The summed E-state index contributed by atoms with van der Waals surface area (Å²) in [5.74, 6) is 0.721. The van der Waals surface area contributed by atoms with Gasteiger partial charge in [-0.15, -0.1) is 0 Å². The molecule has 6 atom stereocenters. The molecule has 0 bridgehead atoms. The fraction of sp³-hybridized carbons (Fsp3) is 0.875. The van der Waals surface area contributed by atoms with Gasteiger partial charge in [0.05, 0.1) is 24.6 Å². The van der Waals surface area contributed by atoms with Gasteiger partial charge < -0.3 is 35.4 Å². The predicted octanol–water partition coefficient (Wildman–Crippen LogP) is 0.489. The first-order chi connectivity index (χ1) is 8.82. The van der Waals surface area contributed by atoms with E-state index in [1.807, 2.05) is 6.92 Å². The van der Waals surface area contributed by atoms with Crippen molar-refractivity contribution in [2.75, 3.05) is 13.2 Å². The third-order valence-electron chi connectivity index (χ3n) is 3.32. The minimum atomic E-state index is -0.756. The van der Waals surface area contributed by atoms with E-state index in [1.165, 1.54) is 6.08 Å². The Morgan fingerprint density at radius 2 is 1.48 bits per heavy atom. The molecule has 0 radical (unpaired) electrons. The summed E-state index contributed by atoms with van der Waals surface area (Å²) in [7, 11) is 0. The standard InChI is InChI=1S/C7H14O3.C6H10O3.3CH4.H2O/c1-4-3-10-5(2)7(9)6(4)8;1-4-2-5(7)6(8)3-9-4;;;;/h4-9H,3H2,1-2H3;2,5-8H,3H2,1H3;3*1H4;1H2/t4?,5?,6-,7+;5-,6?;;;;/m01..../s1. The van der Waals surface area contributed by atoms with Crippen molar-refractivity contribution in [3.63, 3.8) is 0 Å². The minimum Gasteiger partial charge on any atom is -0.496 e. The van der Waals surface area contributed by atoms with E-state index in [0.29, 0.717) is 12.4 Å². The molecule has 1 fully saturated rings. The number of hydrogen-bond acceptors (Lipinski definition) is 6. The highest BCUT2D eigenvalue weighted by Gasteiger charge is 2.33. The van der Waals surface area contributed by atoms with Crippen LogP contribution in [-0.4, -0.2) is 69.6 Å². The Balaban J connectivity index is -0.000000134. The highest BCUT2D eigenvalue weighted by atomic mass is 16.5.